The van der Waals surface area contributed by atoms with Gasteiger partial charge in [0, 0.05) is 29.5 Å². The number of rotatable bonds is 3. The van der Waals surface area contributed by atoms with E-state index in [1.807, 2.05) is 19.3 Å². The van der Waals surface area contributed by atoms with Crippen LogP contribution in [0.15, 0.2) is 24.5 Å². The highest BCUT2D eigenvalue weighted by molar-refractivity contribution is 7.15. The lowest BCUT2D eigenvalue weighted by Gasteiger charge is -2.31. The molecule has 0 unspecified atom stereocenters. The number of nitrogens with zero attached hydrogens (tertiary/aromatic N) is 3. The van der Waals surface area contributed by atoms with Crippen molar-refractivity contribution in [3.63, 3.8) is 0 Å². The van der Waals surface area contributed by atoms with Crippen molar-refractivity contribution in [1.82, 2.24) is 14.9 Å². The zero-order valence-corrected chi connectivity index (χ0v) is 12.6. The average molecular weight is 288 g/mol. The van der Waals surface area contributed by atoms with Crippen LogP contribution in [-0.2, 0) is 6.54 Å². The number of aromatic nitrogens is 2. The van der Waals surface area contributed by atoms with E-state index in [0.29, 0.717) is 11.0 Å². The van der Waals surface area contributed by atoms with E-state index in [1.54, 1.807) is 11.3 Å². The van der Waals surface area contributed by atoms with E-state index in [-0.39, 0.29) is 0 Å². The predicted octanol–water partition coefficient (Wildman–Crippen LogP) is 2.81. The van der Waals surface area contributed by atoms with Crippen LogP contribution < -0.4 is 5.73 Å². The smallest absolute Gasteiger partial charge is 0.180 e. The minimum atomic E-state index is 0.658. The van der Waals surface area contributed by atoms with Gasteiger partial charge in [-0.05, 0) is 50.4 Å². The maximum Gasteiger partial charge on any atom is 0.180 e. The lowest BCUT2D eigenvalue weighted by atomic mass is 9.90. The van der Waals surface area contributed by atoms with Crippen LogP contribution in [0.25, 0.3) is 0 Å². The number of nitrogens with two attached hydrogens (primary N) is 1. The summed E-state index contributed by atoms with van der Waals surface area (Å²) in [6.07, 6.45) is 6.35. The van der Waals surface area contributed by atoms with Gasteiger partial charge < -0.3 is 5.73 Å². The van der Waals surface area contributed by atoms with Gasteiger partial charge in [0.2, 0.25) is 0 Å². The van der Waals surface area contributed by atoms with E-state index in [9.17, 15) is 0 Å². The van der Waals surface area contributed by atoms with Crippen molar-refractivity contribution in [3.05, 3.63) is 40.7 Å². The van der Waals surface area contributed by atoms with Crippen molar-refractivity contribution in [1.29, 1.82) is 0 Å². The van der Waals surface area contributed by atoms with E-state index >= 15 is 0 Å². The zero-order chi connectivity index (χ0) is 13.9. The molecule has 2 aromatic rings. The number of hydrogen-bond donors (Lipinski definition) is 1. The van der Waals surface area contributed by atoms with Gasteiger partial charge in [0.05, 0.1) is 0 Å². The Hall–Kier alpha value is -1.46. The Morgan fingerprint density at radius 3 is 2.65 bits per heavy atom. The number of anilines is 1. The first-order chi connectivity index (χ1) is 9.70. The molecule has 2 N–H and O–H groups in total. The number of likely N-dealkylation sites (tertiary alicyclic amines) is 1. The molecule has 2 aromatic heterocycles. The summed E-state index contributed by atoms with van der Waals surface area (Å²) in [5.41, 5.74) is 8.15. The highest BCUT2D eigenvalue weighted by Crippen LogP contribution is 2.29. The van der Waals surface area contributed by atoms with Crippen LogP contribution in [0.3, 0.4) is 0 Å². The van der Waals surface area contributed by atoms with Crippen molar-refractivity contribution in [3.8, 4) is 0 Å². The number of thiazole rings is 1. The molecule has 1 fully saturated rings. The number of piperidine rings is 1. The maximum atomic E-state index is 5.68. The molecule has 0 radical (unpaired) electrons. The van der Waals surface area contributed by atoms with Crippen LogP contribution in [0, 0.1) is 6.92 Å². The average Bonchev–Trinajstić information content (AvgIpc) is 2.86. The molecule has 1 aliphatic rings. The van der Waals surface area contributed by atoms with Gasteiger partial charge >= 0.3 is 0 Å². The van der Waals surface area contributed by atoms with Crippen molar-refractivity contribution in [2.75, 3.05) is 18.8 Å². The lowest BCUT2D eigenvalue weighted by Crippen LogP contribution is -2.32. The molecule has 0 amide bonds. The summed E-state index contributed by atoms with van der Waals surface area (Å²) in [6, 6.07) is 4.34. The Bertz CT molecular complexity index is 556. The molecule has 0 aromatic carbocycles. The molecule has 0 aliphatic carbocycles. The monoisotopic (exact) mass is 288 g/mol. The van der Waals surface area contributed by atoms with Crippen molar-refractivity contribution < 1.29 is 0 Å². The molecule has 0 bridgehead atoms. The molecule has 0 saturated carbocycles. The quantitative estimate of drug-likeness (QED) is 0.943. The highest BCUT2D eigenvalue weighted by Gasteiger charge is 2.21. The summed E-state index contributed by atoms with van der Waals surface area (Å²) < 4.78 is 0. The first kappa shape index (κ1) is 13.5. The van der Waals surface area contributed by atoms with E-state index in [4.69, 9.17) is 5.73 Å². The summed E-state index contributed by atoms with van der Waals surface area (Å²) in [5.74, 6) is 0.658. The SMILES string of the molecule is Cc1ccc(C2CCN(Cc3cnc(N)s3)CC2)cn1. The van der Waals surface area contributed by atoms with E-state index in [1.165, 1.54) is 23.3 Å². The molecular formula is C15H20N4S. The highest BCUT2D eigenvalue weighted by atomic mass is 32.1. The number of nitrogen functional groups attached to an aromatic ring is 1. The maximum absolute atomic E-state index is 5.68. The summed E-state index contributed by atoms with van der Waals surface area (Å²) in [6.45, 7) is 5.29. The Morgan fingerprint density at radius 2 is 2.05 bits per heavy atom. The minimum Gasteiger partial charge on any atom is -0.375 e. The van der Waals surface area contributed by atoms with Gasteiger partial charge in [0.15, 0.2) is 5.13 Å². The van der Waals surface area contributed by atoms with Crippen molar-refractivity contribution in [2.24, 2.45) is 0 Å². The fraction of sp³-hybridized carbons (Fsp3) is 0.467. The molecule has 4 nitrogen and oxygen atoms in total. The molecule has 5 heteroatoms. The number of hydrogen-bond acceptors (Lipinski definition) is 5. The predicted molar refractivity (Wildman–Crippen MR) is 82.8 cm³/mol. The normalized spacial score (nSPS) is 17.4. The Kier molecular flexibility index (Phi) is 3.98. The fourth-order valence-electron chi connectivity index (χ4n) is 2.76. The lowest BCUT2D eigenvalue weighted by molar-refractivity contribution is 0.206. The van der Waals surface area contributed by atoms with Crippen molar-refractivity contribution in [2.45, 2.75) is 32.2 Å². The van der Waals surface area contributed by atoms with Gasteiger partial charge in [-0.1, -0.05) is 6.07 Å². The first-order valence-electron chi connectivity index (χ1n) is 7.06. The molecule has 1 saturated heterocycles. The van der Waals surface area contributed by atoms with Crippen LogP contribution in [0.2, 0.25) is 0 Å². The second-order valence-corrected chi connectivity index (χ2v) is 6.59. The first-order valence-corrected chi connectivity index (χ1v) is 7.87. The van der Waals surface area contributed by atoms with Gasteiger partial charge in [-0.3, -0.25) is 9.88 Å². The summed E-state index contributed by atoms with van der Waals surface area (Å²) in [5, 5.41) is 0.667. The molecule has 1 aliphatic heterocycles. The molecule has 3 heterocycles. The van der Waals surface area contributed by atoms with Crippen LogP contribution >= 0.6 is 11.3 Å². The third kappa shape index (κ3) is 3.16. The topological polar surface area (TPSA) is 55.0 Å². The Morgan fingerprint density at radius 1 is 1.25 bits per heavy atom. The largest absolute Gasteiger partial charge is 0.375 e. The molecule has 3 rings (SSSR count). The molecular weight excluding hydrogens is 268 g/mol. The number of pyridine rings is 1. The Labute approximate surface area is 123 Å². The molecule has 20 heavy (non-hydrogen) atoms. The number of aryl methyl sites for hydroxylation is 1. The van der Waals surface area contributed by atoms with Crippen LogP contribution in [0.5, 0.6) is 0 Å². The standard InChI is InChI=1S/C15H20N4S/c1-11-2-3-13(8-17-11)12-4-6-19(7-5-12)10-14-9-18-15(16)20-14/h2-3,8-9,12H,4-7,10H2,1H3,(H2,16,18). The summed E-state index contributed by atoms with van der Waals surface area (Å²) in [4.78, 5) is 12.3. The Balaban J connectivity index is 1.55. The fourth-order valence-corrected chi connectivity index (χ4v) is 3.49. The minimum absolute atomic E-state index is 0.658. The van der Waals surface area contributed by atoms with Gasteiger partial charge in [-0.25, -0.2) is 4.98 Å². The summed E-state index contributed by atoms with van der Waals surface area (Å²) >= 11 is 1.60. The van der Waals surface area contributed by atoms with Gasteiger partial charge in [-0.15, -0.1) is 11.3 Å². The van der Waals surface area contributed by atoms with E-state index < -0.39 is 0 Å². The van der Waals surface area contributed by atoms with Crippen molar-refractivity contribution >= 4 is 16.5 Å². The third-order valence-electron chi connectivity index (χ3n) is 3.94. The van der Waals surface area contributed by atoms with Gasteiger partial charge in [-0.2, -0.15) is 0 Å². The van der Waals surface area contributed by atoms with E-state index in [0.717, 1.165) is 25.3 Å². The third-order valence-corrected chi connectivity index (χ3v) is 4.76. The molecule has 0 spiro atoms. The second-order valence-electron chi connectivity index (χ2n) is 5.45. The van der Waals surface area contributed by atoms with Gasteiger partial charge in [0.25, 0.3) is 0 Å². The van der Waals surface area contributed by atoms with Crippen LogP contribution in [0.1, 0.15) is 34.9 Å². The molecule has 0 atom stereocenters. The second kappa shape index (κ2) is 5.89. The van der Waals surface area contributed by atoms with Gasteiger partial charge in [0.1, 0.15) is 0 Å². The summed E-state index contributed by atoms with van der Waals surface area (Å²) in [7, 11) is 0. The van der Waals surface area contributed by atoms with Crippen LogP contribution in [-0.4, -0.2) is 28.0 Å². The zero-order valence-electron chi connectivity index (χ0n) is 11.7. The molecule has 106 valence electrons. The van der Waals surface area contributed by atoms with Crippen LogP contribution in [0.4, 0.5) is 5.13 Å². The van der Waals surface area contributed by atoms with E-state index in [2.05, 4.69) is 27.0 Å².